The number of amides is 1. The van der Waals surface area contributed by atoms with Crippen LogP contribution in [-0.2, 0) is 0 Å². The van der Waals surface area contributed by atoms with Gasteiger partial charge in [0.15, 0.2) is 5.13 Å². The predicted molar refractivity (Wildman–Crippen MR) is 102 cm³/mol. The van der Waals surface area contributed by atoms with E-state index in [1.54, 1.807) is 18.0 Å². The number of hydrogen-bond donors (Lipinski definition) is 1. The molecule has 0 saturated heterocycles. The molecule has 0 atom stereocenters. The van der Waals surface area contributed by atoms with Crippen molar-refractivity contribution in [2.45, 2.75) is 6.92 Å². The van der Waals surface area contributed by atoms with Gasteiger partial charge < -0.3 is 4.74 Å². The Labute approximate surface area is 154 Å². The first-order valence-corrected chi connectivity index (χ1v) is 8.84. The molecule has 2 aromatic heterocycles. The average molecular weight is 364 g/mol. The molecule has 0 saturated carbocycles. The molecular formula is C19H16N4O2S. The Morgan fingerprint density at radius 1 is 1.15 bits per heavy atom. The minimum atomic E-state index is -0.234. The van der Waals surface area contributed by atoms with Crippen LogP contribution in [0.1, 0.15) is 16.1 Å². The molecule has 26 heavy (non-hydrogen) atoms. The number of thiazole rings is 1. The summed E-state index contributed by atoms with van der Waals surface area (Å²) in [5.74, 6) is 0.458. The molecule has 7 heteroatoms. The summed E-state index contributed by atoms with van der Waals surface area (Å²) >= 11 is 1.45. The molecule has 4 aromatic rings. The second-order valence-corrected chi connectivity index (χ2v) is 6.70. The molecule has 0 unspecified atom stereocenters. The zero-order chi connectivity index (χ0) is 18.1. The molecule has 0 aliphatic heterocycles. The highest BCUT2D eigenvalue weighted by molar-refractivity contribution is 7.22. The first-order chi connectivity index (χ1) is 12.7. The molecule has 1 amide bonds. The van der Waals surface area contributed by atoms with Crippen molar-refractivity contribution in [1.82, 2.24) is 14.8 Å². The molecule has 1 N–H and O–H groups in total. The molecule has 2 heterocycles. The van der Waals surface area contributed by atoms with Crippen LogP contribution in [0.5, 0.6) is 5.75 Å². The average Bonchev–Trinajstić information content (AvgIpc) is 3.24. The number of ether oxygens (including phenoxy) is 1. The van der Waals surface area contributed by atoms with Crippen LogP contribution in [0.3, 0.4) is 0 Å². The molecule has 130 valence electrons. The van der Waals surface area contributed by atoms with E-state index in [4.69, 9.17) is 4.74 Å². The standard InChI is InChI=1S/C19H16N4O2S/c1-12-13(11-20-23(12)15-8-4-5-9-16(15)25-2)18(24)22-19-21-14-7-3-6-10-17(14)26-19/h3-11H,1-2H3,(H,21,22,24). The molecule has 0 radical (unpaired) electrons. The Balaban J connectivity index is 1.64. The summed E-state index contributed by atoms with van der Waals surface area (Å²) in [6.45, 7) is 1.85. The van der Waals surface area contributed by atoms with Crippen molar-refractivity contribution < 1.29 is 9.53 Å². The van der Waals surface area contributed by atoms with Crippen LogP contribution in [0.2, 0.25) is 0 Å². The highest BCUT2D eigenvalue weighted by Gasteiger charge is 2.18. The summed E-state index contributed by atoms with van der Waals surface area (Å²) in [6, 6.07) is 15.3. The van der Waals surface area contributed by atoms with E-state index in [9.17, 15) is 4.79 Å². The Kier molecular flexibility index (Phi) is 4.14. The quantitative estimate of drug-likeness (QED) is 0.593. The van der Waals surface area contributed by atoms with Gasteiger partial charge in [-0.15, -0.1) is 0 Å². The zero-order valence-corrected chi connectivity index (χ0v) is 15.1. The van der Waals surface area contributed by atoms with Crippen molar-refractivity contribution >= 4 is 32.6 Å². The number of nitrogens with one attached hydrogen (secondary N) is 1. The minimum absolute atomic E-state index is 0.234. The summed E-state index contributed by atoms with van der Waals surface area (Å²) in [6.07, 6.45) is 1.56. The molecule has 0 aliphatic carbocycles. The monoisotopic (exact) mass is 364 g/mol. The maximum atomic E-state index is 12.7. The second kappa shape index (κ2) is 6.61. The van der Waals surface area contributed by atoms with E-state index in [-0.39, 0.29) is 5.91 Å². The summed E-state index contributed by atoms with van der Waals surface area (Å²) < 4.78 is 8.12. The number of nitrogens with zero attached hydrogens (tertiary/aromatic N) is 3. The fourth-order valence-electron chi connectivity index (χ4n) is 2.77. The Hall–Kier alpha value is -3.19. The molecule has 0 aliphatic rings. The SMILES string of the molecule is COc1ccccc1-n1ncc(C(=O)Nc2nc3ccccc3s2)c1C. The number of para-hydroxylation sites is 3. The predicted octanol–water partition coefficient (Wildman–Crippen LogP) is 4.05. The van der Waals surface area contributed by atoms with Gasteiger partial charge in [0.1, 0.15) is 11.4 Å². The zero-order valence-electron chi connectivity index (χ0n) is 14.3. The number of fused-ring (bicyclic) bond motifs is 1. The topological polar surface area (TPSA) is 69.0 Å². The van der Waals surface area contributed by atoms with Crippen molar-refractivity contribution in [2.24, 2.45) is 0 Å². The van der Waals surface area contributed by atoms with E-state index in [2.05, 4.69) is 15.4 Å². The first-order valence-electron chi connectivity index (χ1n) is 8.02. The second-order valence-electron chi connectivity index (χ2n) is 5.67. The van der Waals surface area contributed by atoms with Gasteiger partial charge in [0, 0.05) is 0 Å². The Bertz CT molecular complexity index is 1070. The van der Waals surface area contributed by atoms with E-state index in [0.717, 1.165) is 21.6 Å². The normalized spacial score (nSPS) is 10.8. The van der Waals surface area contributed by atoms with Gasteiger partial charge in [-0.3, -0.25) is 10.1 Å². The van der Waals surface area contributed by atoms with E-state index in [0.29, 0.717) is 16.4 Å². The van der Waals surface area contributed by atoms with Crippen LogP contribution in [0.25, 0.3) is 15.9 Å². The minimum Gasteiger partial charge on any atom is -0.494 e. The fourth-order valence-corrected chi connectivity index (χ4v) is 3.63. The van der Waals surface area contributed by atoms with Crippen LogP contribution >= 0.6 is 11.3 Å². The number of methoxy groups -OCH3 is 1. The number of hydrogen-bond acceptors (Lipinski definition) is 5. The lowest BCUT2D eigenvalue weighted by Gasteiger charge is -2.10. The van der Waals surface area contributed by atoms with E-state index in [1.165, 1.54) is 11.3 Å². The van der Waals surface area contributed by atoms with Crippen molar-refractivity contribution in [2.75, 3.05) is 12.4 Å². The number of aromatic nitrogens is 3. The number of anilines is 1. The van der Waals surface area contributed by atoms with Gasteiger partial charge in [0.05, 0.1) is 34.8 Å². The Morgan fingerprint density at radius 2 is 1.92 bits per heavy atom. The number of carbonyl (C=O) groups excluding carboxylic acids is 1. The summed E-state index contributed by atoms with van der Waals surface area (Å²) in [7, 11) is 1.61. The van der Waals surface area contributed by atoms with E-state index in [1.807, 2.05) is 55.5 Å². The van der Waals surface area contributed by atoms with E-state index < -0.39 is 0 Å². The summed E-state index contributed by atoms with van der Waals surface area (Å²) in [5, 5.41) is 7.79. The third kappa shape index (κ3) is 2.82. The molecule has 0 bridgehead atoms. The van der Waals surface area contributed by atoms with Crippen LogP contribution in [0.15, 0.2) is 54.7 Å². The van der Waals surface area contributed by atoms with Gasteiger partial charge in [-0.2, -0.15) is 5.10 Å². The highest BCUT2D eigenvalue weighted by Crippen LogP contribution is 2.27. The maximum absolute atomic E-state index is 12.7. The maximum Gasteiger partial charge on any atom is 0.260 e. The van der Waals surface area contributed by atoms with Gasteiger partial charge in [-0.25, -0.2) is 9.67 Å². The number of carbonyl (C=O) groups is 1. The first kappa shape index (κ1) is 16.3. The fraction of sp³-hybridized carbons (Fsp3) is 0.105. The van der Waals surface area contributed by atoms with Gasteiger partial charge in [0.25, 0.3) is 5.91 Å². The van der Waals surface area contributed by atoms with Crippen LogP contribution in [0, 0.1) is 6.92 Å². The Morgan fingerprint density at radius 3 is 2.73 bits per heavy atom. The molecule has 4 rings (SSSR count). The van der Waals surface area contributed by atoms with Gasteiger partial charge in [-0.1, -0.05) is 35.6 Å². The van der Waals surface area contributed by atoms with Gasteiger partial charge in [-0.05, 0) is 31.2 Å². The lowest BCUT2D eigenvalue weighted by Crippen LogP contribution is -2.13. The number of rotatable bonds is 4. The van der Waals surface area contributed by atoms with Crippen LogP contribution < -0.4 is 10.1 Å². The summed E-state index contributed by atoms with van der Waals surface area (Å²) in [5.41, 5.74) is 2.88. The molecule has 0 spiro atoms. The van der Waals surface area contributed by atoms with E-state index >= 15 is 0 Å². The molecule has 6 nitrogen and oxygen atoms in total. The van der Waals surface area contributed by atoms with Crippen molar-refractivity contribution in [3.8, 4) is 11.4 Å². The highest BCUT2D eigenvalue weighted by atomic mass is 32.1. The lowest BCUT2D eigenvalue weighted by molar-refractivity contribution is 0.102. The molecule has 0 fully saturated rings. The third-order valence-electron chi connectivity index (χ3n) is 4.08. The molecule has 2 aromatic carbocycles. The van der Waals surface area contributed by atoms with Gasteiger partial charge >= 0.3 is 0 Å². The largest absolute Gasteiger partial charge is 0.494 e. The van der Waals surface area contributed by atoms with Crippen LogP contribution in [-0.4, -0.2) is 27.8 Å². The van der Waals surface area contributed by atoms with Crippen molar-refractivity contribution in [3.05, 3.63) is 66.0 Å². The number of benzene rings is 2. The van der Waals surface area contributed by atoms with Crippen molar-refractivity contribution in [3.63, 3.8) is 0 Å². The smallest absolute Gasteiger partial charge is 0.260 e. The molecular weight excluding hydrogens is 348 g/mol. The lowest BCUT2D eigenvalue weighted by atomic mass is 10.2. The van der Waals surface area contributed by atoms with Crippen LogP contribution in [0.4, 0.5) is 5.13 Å². The third-order valence-corrected chi connectivity index (χ3v) is 5.03. The summed E-state index contributed by atoms with van der Waals surface area (Å²) in [4.78, 5) is 17.1. The van der Waals surface area contributed by atoms with Gasteiger partial charge in [0.2, 0.25) is 0 Å². The van der Waals surface area contributed by atoms with Crippen molar-refractivity contribution in [1.29, 1.82) is 0 Å².